The van der Waals surface area contributed by atoms with Gasteiger partial charge in [-0.1, -0.05) is 23.5 Å². The number of nitrogens with zero attached hydrogens (tertiary/aromatic N) is 4. The van der Waals surface area contributed by atoms with Crippen molar-refractivity contribution >= 4 is 60.0 Å². The fourth-order valence-corrected chi connectivity index (χ4v) is 5.30. The average Bonchev–Trinajstić information content (AvgIpc) is 3.25. The smallest absolute Gasteiger partial charge is 0.267 e. The lowest BCUT2D eigenvalue weighted by molar-refractivity contribution is 0.103. The van der Waals surface area contributed by atoms with E-state index < -0.39 is 0 Å². The number of carbonyl (C=O) groups is 1. The first-order chi connectivity index (χ1) is 13.5. The number of amides is 1. The Bertz CT molecular complexity index is 1180. The van der Waals surface area contributed by atoms with Crippen LogP contribution in [0, 0.1) is 13.8 Å². The van der Waals surface area contributed by atoms with Crippen LogP contribution in [0.15, 0.2) is 24.5 Å². The molecule has 1 amide bonds. The molecular formula is C20H21N5OS2. The van der Waals surface area contributed by atoms with Gasteiger partial charge in [0.15, 0.2) is 5.13 Å². The molecule has 0 atom stereocenters. The van der Waals surface area contributed by atoms with Crippen LogP contribution in [0.25, 0.3) is 20.4 Å². The van der Waals surface area contributed by atoms with E-state index in [4.69, 9.17) is 0 Å². The second kappa shape index (κ2) is 7.44. The number of benzene rings is 1. The summed E-state index contributed by atoms with van der Waals surface area (Å²) in [4.78, 5) is 30.1. The zero-order chi connectivity index (χ0) is 19.8. The molecule has 4 aromatic rings. The Hall–Kier alpha value is -2.58. The molecule has 4 rings (SSSR count). The van der Waals surface area contributed by atoms with Gasteiger partial charge in [-0.3, -0.25) is 10.1 Å². The molecule has 0 unspecified atom stereocenters. The van der Waals surface area contributed by atoms with Crippen molar-refractivity contribution in [3.63, 3.8) is 0 Å². The first kappa shape index (κ1) is 18.8. The van der Waals surface area contributed by atoms with Crippen molar-refractivity contribution in [1.82, 2.24) is 15.0 Å². The van der Waals surface area contributed by atoms with E-state index >= 15 is 0 Å². The van der Waals surface area contributed by atoms with Gasteiger partial charge < -0.3 is 4.90 Å². The normalized spacial score (nSPS) is 11.3. The summed E-state index contributed by atoms with van der Waals surface area (Å²) in [6, 6.07) is 6.05. The second-order valence-corrected chi connectivity index (χ2v) is 8.53. The summed E-state index contributed by atoms with van der Waals surface area (Å²) in [6.07, 6.45) is 1.57. The Morgan fingerprint density at radius 2 is 1.93 bits per heavy atom. The number of carbonyl (C=O) groups excluding carboxylic acids is 1. The van der Waals surface area contributed by atoms with Crippen molar-refractivity contribution in [3.05, 3.63) is 40.5 Å². The van der Waals surface area contributed by atoms with Gasteiger partial charge in [-0.05, 0) is 44.9 Å². The highest BCUT2D eigenvalue weighted by Crippen LogP contribution is 2.36. The van der Waals surface area contributed by atoms with E-state index in [1.165, 1.54) is 22.7 Å². The number of hydrogen-bond acceptors (Lipinski definition) is 7. The molecule has 0 saturated heterocycles. The largest absolute Gasteiger partial charge is 0.357 e. The molecule has 6 nitrogen and oxygen atoms in total. The zero-order valence-electron chi connectivity index (χ0n) is 16.2. The van der Waals surface area contributed by atoms with Crippen LogP contribution < -0.4 is 10.2 Å². The average molecular weight is 412 g/mol. The minimum Gasteiger partial charge on any atom is -0.357 e. The van der Waals surface area contributed by atoms with E-state index in [0.29, 0.717) is 10.0 Å². The summed E-state index contributed by atoms with van der Waals surface area (Å²) >= 11 is 2.89. The molecule has 0 radical (unpaired) electrons. The Morgan fingerprint density at radius 1 is 1.14 bits per heavy atom. The van der Waals surface area contributed by atoms with Gasteiger partial charge in [-0.2, -0.15) is 0 Å². The SMILES string of the molecule is CCN(CC)c1ncnc2sc(C(=O)Nc3nc4c(C)cccc4s3)c(C)c12. The summed E-state index contributed by atoms with van der Waals surface area (Å²) < 4.78 is 1.07. The minimum absolute atomic E-state index is 0.150. The molecule has 28 heavy (non-hydrogen) atoms. The highest BCUT2D eigenvalue weighted by Gasteiger charge is 2.22. The Labute approximate surface area is 171 Å². The van der Waals surface area contributed by atoms with Crippen LogP contribution in [0.5, 0.6) is 0 Å². The van der Waals surface area contributed by atoms with Crippen LogP contribution in [-0.2, 0) is 0 Å². The topological polar surface area (TPSA) is 71.0 Å². The molecule has 3 heterocycles. The zero-order valence-corrected chi connectivity index (χ0v) is 17.9. The summed E-state index contributed by atoms with van der Waals surface area (Å²) in [6.45, 7) is 9.89. The molecule has 0 saturated carbocycles. The maximum absolute atomic E-state index is 13.0. The maximum atomic E-state index is 13.0. The highest BCUT2D eigenvalue weighted by atomic mass is 32.1. The molecule has 1 N–H and O–H groups in total. The van der Waals surface area contributed by atoms with Gasteiger partial charge in [-0.25, -0.2) is 15.0 Å². The number of anilines is 2. The summed E-state index contributed by atoms with van der Waals surface area (Å²) in [7, 11) is 0. The number of para-hydroxylation sites is 1. The molecule has 144 valence electrons. The number of rotatable bonds is 5. The number of aryl methyl sites for hydroxylation is 2. The molecular weight excluding hydrogens is 390 g/mol. The van der Waals surface area contributed by atoms with E-state index in [0.717, 1.165) is 50.5 Å². The molecule has 0 aliphatic carbocycles. The molecule has 0 bridgehead atoms. The van der Waals surface area contributed by atoms with Gasteiger partial charge in [0.2, 0.25) is 0 Å². The van der Waals surface area contributed by atoms with Gasteiger partial charge in [0, 0.05) is 13.1 Å². The molecule has 8 heteroatoms. The highest BCUT2D eigenvalue weighted by molar-refractivity contribution is 7.23. The number of thiophene rings is 1. The third-order valence-electron chi connectivity index (χ3n) is 4.82. The molecule has 0 aliphatic heterocycles. The van der Waals surface area contributed by atoms with Crippen LogP contribution in [-0.4, -0.2) is 33.9 Å². The molecule has 3 aromatic heterocycles. The van der Waals surface area contributed by atoms with Crippen molar-refractivity contribution in [2.45, 2.75) is 27.7 Å². The molecule has 1 aromatic carbocycles. The molecule has 0 spiro atoms. The third kappa shape index (κ3) is 3.12. The van der Waals surface area contributed by atoms with Crippen molar-refractivity contribution in [2.24, 2.45) is 0 Å². The van der Waals surface area contributed by atoms with Gasteiger partial charge in [0.05, 0.1) is 20.5 Å². The summed E-state index contributed by atoms with van der Waals surface area (Å²) in [5.74, 6) is 0.737. The van der Waals surface area contributed by atoms with E-state index in [-0.39, 0.29) is 5.91 Å². The number of hydrogen-bond donors (Lipinski definition) is 1. The van der Waals surface area contributed by atoms with E-state index in [1.807, 2.05) is 32.0 Å². The molecule has 0 aliphatic rings. The van der Waals surface area contributed by atoms with Crippen LogP contribution in [0.1, 0.15) is 34.6 Å². The number of fused-ring (bicyclic) bond motifs is 2. The monoisotopic (exact) mass is 411 g/mol. The first-order valence-electron chi connectivity index (χ1n) is 9.20. The fourth-order valence-electron chi connectivity index (χ4n) is 3.33. The lowest BCUT2D eigenvalue weighted by Crippen LogP contribution is -2.23. The van der Waals surface area contributed by atoms with E-state index in [1.54, 1.807) is 6.33 Å². The Balaban J connectivity index is 1.72. The Kier molecular flexibility index (Phi) is 4.99. The van der Waals surface area contributed by atoms with E-state index in [2.05, 4.69) is 39.0 Å². The summed E-state index contributed by atoms with van der Waals surface area (Å²) in [5.41, 5.74) is 2.95. The van der Waals surface area contributed by atoms with Crippen molar-refractivity contribution in [3.8, 4) is 0 Å². The van der Waals surface area contributed by atoms with Crippen molar-refractivity contribution in [2.75, 3.05) is 23.3 Å². The number of nitrogens with one attached hydrogen (secondary N) is 1. The second-order valence-electron chi connectivity index (χ2n) is 6.50. The van der Waals surface area contributed by atoms with Gasteiger partial charge >= 0.3 is 0 Å². The van der Waals surface area contributed by atoms with Crippen LogP contribution in [0.3, 0.4) is 0 Å². The predicted molar refractivity (Wildman–Crippen MR) is 118 cm³/mol. The van der Waals surface area contributed by atoms with E-state index in [9.17, 15) is 4.79 Å². The molecule has 0 fully saturated rings. The quantitative estimate of drug-likeness (QED) is 0.499. The van der Waals surface area contributed by atoms with Crippen LogP contribution in [0.4, 0.5) is 10.9 Å². The lowest BCUT2D eigenvalue weighted by atomic mass is 10.2. The standard InChI is InChI=1S/C20H21N5OS2/c1-5-25(6-2)17-14-12(4)16(28-19(14)22-10-21-17)18(26)24-20-23-15-11(3)8-7-9-13(15)27-20/h7-10H,5-6H2,1-4H3,(H,23,24,26). The first-order valence-corrected chi connectivity index (χ1v) is 10.8. The third-order valence-corrected chi connectivity index (χ3v) is 6.95. The fraction of sp³-hybridized carbons (Fsp3) is 0.300. The lowest BCUT2D eigenvalue weighted by Gasteiger charge is -2.20. The van der Waals surface area contributed by atoms with Gasteiger partial charge in [0.25, 0.3) is 5.91 Å². The maximum Gasteiger partial charge on any atom is 0.267 e. The van der Waals surface area contributed by atoms with Crippen molar-refractivity contribution in [1.29, 1.82) is 0 Å². The van der Waals surface area contributed by atoms with Crippen LogP contribution in [0.2, 0.25) is 0 Å². The van der Waals surface area contributed by atoms with Crippen molar-refractivity contribution < 1.29 is 4.79 Å². The predicted octanol–water partition coefficient (Wildman–Crippen LogP) is 5.02. The number of aromatic nitrogens is 3. The summed E-state index contributed by atoms with van der Waals surface area (Å²) in [5, 5.41) is 4.54. The Morgan fingerprint density at radius 3 is 2.64 bits per heavy atom. The number of thiazole rings is 1. The van der Waals surface area contributed by atoms with Crippen LogP contribution >= 0.6 is 22.7 Å². The van der Waals surface area contributed by atoms with Gasteiger partial charge in [0.1, 0.15) is 17.0 Å². The minimum atomic E-state index is -0.150. The van der Waals surface area contributed by atoms with Gasteiger partial charge in [-0.15, -0.1) is 11.3 Å².